The highest BCUT2D eigenvalue weighted by Gasteiger charge is 2.08. The number of nitrogens with one attached hydrogen (secondary N) is 1. The fourth-order valence-electron chi connectivity index (χ4n) is 1.54. The van der Waals surface area contributed by atoms with Gasteiger partial charge in [0.25, 0.3) is 0 Å². The molecule has 1 aromatic rings. The lowest BCUT2D eigenvalue weighted by atomic mass is 10.2. The van der Waals surface area contributed by atoms with Gasteiger partial charge in [-0.3, -0.25) is 0 Å². The summed E-state index contributed by atoms with van der Waals surface area (Å²) in [6.07, 6.45) is -0.308. The highest BCUT2D eigenvalue weighted by atomic mass is 16.5. The Balaban J connectivity index is 2.27. The van der Waals surface area contributed by atoms with Gasteiger partial charge < -0.3 is 25.0 Å². The standard InChI is InChI=1S/C14H23NO4/c1-3-11(16)8-15-9-12(17)10-19-14-7-5-4-6-13(14)18-2/h4-7,11-12,15-17H,3,8-10H2,1-2H3. The fourth-order valence-corrected chi connectivity index (χ4v) is 1.54. The van der Waals surface area contributed by atoms with Crippen LogP contribution in [-0.4, -0.2) is 49.2 Å². The Hall–Kier alpha value is -1.30. The molecule has 0 amide bonds. The molecular weight excluding hydrogens is 246 g/mol. The number of methoxy groups -OCH3 is 1. The molecule has 0 heterocycles. The van der Waals surface area contributed by atoms with Gasteiger partial charge in [-0.05, 0) is 18.6 Å². The van der Waals surface area contributed by atoms with Crippen LogP contribution in [0.2, 0.25) is 0 Å². The topological polar surface area (TPSA) is 71.0 Å². The van der Waals surface area contributed by atoms with Gasteiger partial charge in [0.2, 0.25) is 0 Å². The van der Waals surface area contributed by atoms with Crippen molar-refractivity contribution in [3.8, 4) is 11.5 Å². The first kappa shape index (κ1) is 15.8. The Morgan fingerprint density at radius 2 is 1.74 bits per heavy atom. The van der Waals surface area contributed by atoms with Crippen LogP contribution in [0.5, 0.6) is 11.5 Å². The van der Waals surface area contributed by atoms with Crippen molar-refractivity contribution in [2.75, 3.05) is 26.8 Å². The molecule has 2 unspecified atom stereocenters. The molecule has 0 aliphatic rings. The maximum absolute atomic E-state index is 9.75. The Labute approximate surface area is 114 Å². The van der Waals surface area contributed by atoms with Gasteiger partial charge in [-0.1, -0.05) is 19.1 Å². The third-order valence-electron chi connectivity index (χ3n) is 2.73. The summed E-state index contributed by atoms with van der Waals surface area (Å²) in [5.41, 5.74) is 0. The van der Waals surface area contributed by atoms with Crippen LogP contribution in [0.3, 0.4) is 0 Å². The molecule has 108 valence electrons. The summed E-state index contributed by atoms with van der Waals surface area (Å²) >= 11 is 0. The molecule has 1 rings (SSSR count). The minimum atomic E-state index is -0.631. The van der Waals surface area contributed by atoms with Crippen LogP contribution in [0.25, 0.3) is 0 Å². The zero-order valence-electron chi connectivity index (χ0n) is 11.5. The van der Waals surface area contributed by atoms with Crippen LogP contribution >= 0.6 is 0 Å². The molecule has 19 heavy (non-hydrogen) atoms. The number of aliphatic hydroxyl groups is 2. The summed E-state index contributed by atoms with van der Waals surface area (Å²) in [4.78, 5) is 0. The lowest BCUT2D eigenvalue weighted by Gasteiger charge is -2.16. The van der Waals surface area contributed by atoms with Crippen molar-refractivity contribution in [2.24, 2.45) is 0 Å². The van der Waals surface area contributed by atoms with Gasteiger partial charge >= 0.3 is 0 Å². The van der Waals surface area contributed by atoms with Crippen molar-refractivity contribution in [3.05, 3.63) is 24.3 Å². The summed E-state index contributed by atoms with van der Waals surface area (Å²) in [7, 11) is 1.58. The second-order valence-corrected chi connectivity index (χ2v) is 4.34. The zero-order chi connectivity index (χ0) is 14.1. The van der Waals surface area contributed by atoms with Gasteiger partial charge in [0.05, 0.1) is 13.2 Å². The lowest BCUT2D eigenvalue weighted by molar-refractivity contribution is 0.0977. The molecule has 0 spiro atoms. The van der Waals surface area contributed by atoms with E-state index >= 15 is 0 Å². The maximum Gasteiger partial charge on any atom is 0.161 e. The highest BCUT2D eigenvalue weighted by Crippen LogP contribution is 2.25. The number of rotatable bonds is 9. The second-order valence-electron chi connectivity index (χ2n) is 4.34. The predicted molar refractivity (Wildman–Crippen MR) is 73.7 cm³/mol. The average molecular weight is 269 g/mol. The molecule has 0 saturated heterocycles. The minimum absolute atomic E-state index is 0.176. The molecule has 0 fully saturated rings. The average Bonchev–Trinajstić information content (AvgIpc) is 2.45. The molecule has 0 bridgehead atoms. The Kier molecular flexibility index (Phi) is 7.25. The summed E-state index contributed by atoms with van der Waals surface area (Å²) in [6.45, 7) is 2.94. The van der Waals surface area contributed by atoms with E-state index in [2.05, 4.69) is 5.32 Å². The molecule has 2 atom stereocenters. The summed E-state index contributed by atoms with van der Waals surface area (Å²) in [5.74, 6) is 1.25. The third-order valence-corrected chi connectivity index (χ3v) is 2.73. The van der Waals surface area contributed by atoms with E-state index in [1.54, 1.807) is 19.2 Å². The van der Waals surface area contributed by atoms with Crippen molar-refractivity contribution in [3.63, 3.8) is 0 Å². The maximum atomic E-state index is 9.75. The first-order valence-corrected chi connectivity index (χ1v) is 6.50. The highest BCUT2D eigenvalue weighted by molar-refractivity contribution is 5.39. The summed E-state index contributed by atoms with van der Waals surface area (Å²) in [6, 6.07) is 7.30. The quantitative estimate of drug-likeness (QED) is 0.618. The Bertz CT molecular complexity index is 359. The minimum Gasteiger partial charge on any atom is -0.493 e. The van der Waals surface area contributed by atoms with Crippen LogP contribution in [0, 0.1) is 0 Å². The van der Waals surface area contributed by atoms with Crippen molar-refractivity contribution in [1.29, 1.82) is 0 Å². The van der Waals surface area contributed by atoms with E-state index in [9.17, 15) is 10.2 Å². The smallest absolute Gasteiger partial charge is 0.161 e. The van der Waals surface area contributed by atoms with Crippen molar-refractivity contribution in [2.45, 2.75) is 25.6 Å². The SMILES string of the molecule is CCC(O)CNCC(O)COc1ccccc1OC. The number of ether oxygens (including phenoxy) is 2. The monoisotopic (exact) mass is 269 g/mol. The molecule has 0 radical (unpaired) electrons. The number of aliphatic hydroxyl groups excluding tert-OH is 2. The van der Waals surface area contributed by atoms with Gasteiger partial charge in [-0.2, -0.15) is 0 Å². The first-order chi connectivity index (χ1) is 9.17. The Morgan fingerprint density at radius 1 is 1.11 bits per heavy atom. The van der Waals surface area contributed by atoms with Crippen molar-refractivity contribution < 1.29 is 19.7 Å². The van der Waals surface area contributed by atoms with Crippen LogP contribution in [0.4, 0.5) is 0 Å². The van der Waals surface area contributed by atoms with E-state index < -0.39 is 6.10 Å². The zero-order valence-corrected chi connectivity index (χ0v) is 11.5. The molecule has 0 aromatic heterocycles. The molecule has 0 saturated carbocycles. The lowest BCUT2D eigenvalue weighted by Crippen LogP contribution is -2.35. The number of benzene rings is 1. The molecule has 1 aromatic carbocycles. The Morgan fingerprint density at radius 3 is 2.37 bits per heavy atom. The number of hydrogen-bond acceptors (Lipinski definition) is 5. The van der Waals surface area contributed by atoms with E-state index in [1.807, 2.05) is 19.1 Å². The molecule has 5 nitrogen and oxygen atoms in total. The molecule has 5 heteroatoms. The largest absolute Gasteiger partial charge is 0.493 e. The van der Waals surface area contributed by atoms with Crippen molar-refractivity contribution >= 4 is 0 Å². The molecule has 0 aliphatic heterocycles. The molecule has 3 N–H and O–H groups in total. The van der Waals surface area contributed by atoms with Crippen LogP contribution in [0.1, 0.15) is 13.3 Å². The first-order valence-electron chi connectivity index (χ1n) is 6.50. The van der Waals surface area contributed by atoms with Crippen LogP contribution in [0.15, 0.2) is 24.3 Å². The number of para-hydroxylation sites is 2. The van der Waals surface area contributed by atoms with Crippen molar-refractivity contribution in [1.82, 2.24) is 5.32 Å². The van der Waals surface area contributed by atoms with Gasteiger partial charge in [0.1, 0.15) is 12.7 Å². The number of hydrogen-bond donors (Lipinski definition) is 3. The normalized spacial score (nSPS) is 13.9. The van der Waals surface area contributed by atoms with Gasteiger partial charge in [0, 0.05) is 13.1 Å². The van der Waals surface area contributed by atoms with Crippen LogP contribution < -0.4 is 14.8 Å². The van der Waals surface area contributed by atoms with E-state index in [-0.39, 0.29) is 12.7 Å². The van der Waals surface area contributed by atoms with E-state index in [0.717, 1.165) is 0 Å². The van der Waals surface area contributed by atoms with Crippen LogP contribution in [-0.2, 0) is 0 Å². The fraction of sp³-hybridized carbons (Fsp3) is 0.571. The third kappa shape index (κ3) is 5.92. The van der Waals surface area contributed by atoms with Gasteiger partial charge in [-0.25, -0.2) is 0 Å². The predicted octanol–water partition coefficient (Wildman–Crippen LogP) is 0.795. The van der Waals surface area contributed by atoms with E-state index in [0.29, 0.717) is 31.0 Å². The second kappa shape index (κ2) is 8.74. The van der Waals surface area contributed by atoms with E-state index in [4.69, 9.17) is 9.47 Å². The van der Waals surface area contributed by atoms with E-state index in [1.165, 1.54) is 0 Å². The molecular formula is C14H23NO4. The van der Waals surface area contributed by atoms with Gasteiger partial charge in [-0.15, -0.1) is 0 Å². The summed E-state index contributed by atoms with van der Waals surface area (Å²) in [5, 5.41) is 22.1. The molecule has 0 aliphatic carbocycles. The van der Waals surface area contributed by atoms with Gasteiger partial charge in [0.15, 0.2) is 11.5 Å². The summed E-state index contributed by atoms with van der Waals surface area (Å²) < 4.78 is 10.6.